The summed E-state index contributed by atoms with van der Waals surface area (Å²) in [5, 5.41) is 3.18. The number of nitrogens with zero attached hydrogens (tertiary/aromatic N) is 2. The third-order valence-corrected chi connectivity index (χ3v) is 5.65. The van der Waals surface area contributed by atoms with Crippen LogP contribution in [0.25, 0.3) is 0 Å². The van der Waals surface area contributed by atoms with Crippen molar-refractivity contribution in [1.29, 1.82) is 0 Å². The third kappa shape index (κ3) is 3.14. The summed E-state index contributed by atoms with van der Waals surface area (Å²) < 4.78 is 42.9. The Balaban J connectivity index is 2.29. The van der Waals surface area contributed by atoms with Crippen LogP contribution < -0.4 is 11.1 Å². The second-order valence-electron chi connectivity index (χ2n) is 4.46. The molecule has 1 heterocycles. The van der Waals surface area contributed by atoms with Gasteiger partial charge in [0.05, 0.1) is 0 Å². The van der Waals surface area contributed by atoms with Gasteiger partial charge in [0.25, 0.3) is 0 Å². The lowest BCUT2D eigenvalue weighted by molar-refractivity contribution is 0.521. The fraction of sp³-hybridized carbons (Fsp3) is 0.250. The lowest BCUT2D eigenvalue weighted by Crippen LogP contribution is -2.23. The van der Waals surface area contributed by atoms with Crippen LogP contribution in [0.15, 0.2) is 29.2 Å². The zero-order valence-corrected chi connectivity index (χ0v) is 13.1. The average Bonchev–Trinajstić information content (AvgIpc) is 2.79. The summed E-state index contributed by atoms with van der Waals surface area (Å²) in [6.45, 7) is 0.143. The first-order valence-electron chi connectivity index (χ1n) is 5.99. The maximum Gasteiger partial charge on any atom is 0.249 e. The van der Waals surface area contributed by atoms with Crippen molar-refractivity contribution in [3.8, 4) is 0 Å². The highest BCUT2D eigenvalue weighted by Crippen LogP contribution is 2.33. The maximum absolute atomic E-state index is 13.6. The van der Waals surface area contributed by atoms with E-state index in [9.17, 15) is 12.8 Å². The highest BCUT2D eigenvalue weighted by molar-refractivity contribution is 7.89. The zero-order chi connectivity index (χ0) is 15.6. The van der Waals surface area contributed by atoms with Crippen LogP contribution >= 0.6 is 11.5 Å². The van der Waals surface area contributed by atoms with Crippen molar-refractivity contribution >= 4 is 32.4 Å². The zero-order valence-electron chi connectivity index (χ0n) is 11.5. The average molecular weight is 330 g/mol. The molecule has 2 aromatic rings. The second-order valence-corrected chi connectivity index (χ2v) is 7.32. The number of halogens is 1. The van der Waals surface area contributed by atoms with Gasteiger partial charge < -0.3 is 11.1 Å². The molecular weight excluding hydrogens is 315 g/mol. The van der Waals surface area contributed by atoms with E-state index in [0.717, 1.165) is 15.8 Å². The fourth-order valence-electron chi connectivity index (χ4n) is 1.66. The molecule has 114 valence electrons. The van der Waals surface area contributed by atoms with Crippen LogP contribution in [0.2, 0.25) is 0 Å². The minimum Gasteiger partial charge on any atom is -0.382 e. The van der Waals surface area contributed by atoms with E-state index in [1.165, 1.54) is 20.2 Å². The van der Waals surface area contributed by atoms with Crippen molar-refractivity contribution in [2.45, 2.75) is 11.4 Å². The van der Waals surface area contributed by atoms with Gasteiger partial charge in [-0.05, 0) is 17.6 Å². The van der Waals surface area contributed by atoms with Crippen molar-refractivity contribution < 1.29 is 12.8 Å². The maximum atomic E-state index is 13.6. The molecule has 6 nitrogen and oxygen atoms in total. The van der Waals surface area contributed by atoms with Crippen LogP contribution in [0.4, 0.5) is 15.2 Å². The number of nitrogens with one attached hydrogen (secondary N) is 1. The minimum absolute atomic E-state index is 0.0651. The Kier molecular flexibility index (Phi) is 4.45. The van der Waals surface area contributed by atoms with Gasteiger partial charge in [0, 0.05) is 26.2 Å². The number of sulfonamides is 1. The van der Waals surface area contributed by atoms with Gasteiger partial charge in [-0.1, -0.05) is 18.2 Å². The number of hydrogen-bond acceptors (Lipinski definition) is 6. The summed E-state index contributed by atoms with van der Waals surface area (Å²) in [5.41, 5.74) is 6.07. The first-order valence-corrected chi connectivity index (χ1v) is 8.20. The van der Waals surface area contributed by atoms with Gasteiger partial charge in [0.2, 0.25) is 10.0 Å². The molecule has 0 atom stereocenters. The van der Waals surface area contributed by atoms with Crippen LogP contribution in [0, 0.1) is 5.82 Å². The van der Waals surface area contributed by atoms with Gasteiger partial charge in [-0.2, -0.15) is 4.37 Å². The van der Waals surface area contributed by atoms with E-state index < -0.39 is 10.0 Å². The van der Waals surface area contributed by atoms with Crippen LogP contribution in [0.3, 0.4) is 0 Å². The van der Waals surface area contributed by atoms with Crippen LogP contribution in [-0.2, 0) is 16.6 Å². The Hall–Kier alpha value is -1.71. The molecule has 1 aromatic carbocycles. The standard InChI is InChI=1S/C12H15FN4O2S2/c1-17(2)21(18,19)10-11(14)16-20-12(10)15-7-8-5-3-4-6-9(8)13/h3-6,15H,7H2,1-2H3,(H2,14,16). The molecule has 0 unspecified atom stereocenters. The smallest absolute Gasteiger partial charge is 0.249 e. The van der Waals surface area contributed by atoms with Crippen molar-refractivity contribution in [2.24, 2.45) is 0 Å². The van der Waals surface area contributed by atoms with Gasteiger partial charge in [0.15, 0.2) is 10.7 Å². The van der Waals surface area contributed by atoms with Gasteiger partial charge in [-0.25, -0.2) is 17.1 Å². The molecule has 0 spiro atoms. The summed E-state index contributed by atoms with van der Waals surface area (Å²) in [6, 6.07) is 6.26. The van der Waals surface area contributed by atoms with Gasteiger partial charge in [0.1, 0.15) is 10.8 Å². The molecule has 0 bridgehead atoms. The van der Waals surface area contributed by atoms with Crippen LogP contribution in [-0.4, -0.2) is 31.2 Å². The molecular formula is C12H15FN4O2S2. The Bertz CT molecular complexity index is 743. The number of anilines is 2. The van der Waals surface area contributed by atoms with E-state index in [1.54, 1.807) is 18.2 Å². The topological polar surface area (TPSA) is 88.3 Å². The lowest BCUT2D eigenvalue weighted by Gasteiger charge is -2.13. The van der Waals surface area contributed by atoms with Crippen molar-refractivity contribution in [3.63, 3.8) is 0 Å². The summed E-state index contributed by atoms with van der Waals surface area (Å²) >= 11 is 0.931. The summed E-state index contributed by atoms with van der Waals surface area (Å²) in [4.78, 5) is -0.0751. The first-order chi connectivity index (χ1) is 9.84. The van der Waals surface area contributed by atoms with E-state index >= 15 is 0 Å². The largest absolute Gasteiger partial charge is 0.382 e. The molecule has 21 heavy (non-hydrogen) atoms. The van der Waals surface area contributed by atoms with Crippen LogP contribution in [0.1, 0.15) is 5.56 Å². The lowest BCUT2D eigenvalue weighted by atomic mass is 10.2. The Morgan fingerprint density at radius 3 is 2.67 bits per heavy atom. The predicted octanol–water partition coefficient (Wildman–Crippen LogP) is 1.73. The van der Waals surface area contributed by atoms with Gasteiger partial charge in [-0.3, -0.25) is 0 Å². The first kappa shape index (κ1) is 15.7. The molecule has 2 rings (SSSR count). The van der Waals surface area contributed by atoms with Crippen LogP contribution in [0.5, 0.6) is 0 Å². The summed E-state index contributed by atoms with van der Waals surface area (Å²) in [5.74, 6) is -0.427. The normalized spacial score (nSPS) is 11.8. The van der Waals surface area contributed by atoms with E-state index in [4.69, 9.17) is 5.73 Å². The number of aromatic nitrogens is 1. The quantitative estimate of drug-likeness (QED) is 0.871. The van der Waals surface area contributed by atoms with E-state index in [1.807, 2.05) is 0 Å². The Morgan fingerprint density at radius 2 is 2.05 bits per heavy atom. The molecule has 1 aromatic heterocycles. The molecule has 0 aliphatic carbocycles. The highest BCUT2D eigenvalue weighted by Gasteiger charge is 2.27. The summed E-state index contributed by atoms with van der Waals surface area (Å²) in [7, 11) is -0.890. The molecule has 0 saturated carbocycles. The van der Waals surface area contributed by atoms with Crippen molar-refractivity contribution in [2.75, 3.05) is 25.1 Å². The second kappa shape index (κ2) is 5.96. The van der Waals surface area contributed by atoms with Crippen molar-refractivity contribution in [1.82, 2.24) is 8.68 Å². The number of nitrogen functional groups attached to an aromatic ring is 1. The Morgan fingerprint density at radius 1 is 1.38 bits per heavy atom. The molecule has 0 aliphatic rings. The monoisotopic (exact) mass is 330 g/mol. The summed E-state index contributed by atoms with van der Waals surface area (Å²) in [6.07, 6.45) is 0. The SMILES string of the molecule is CN(C)S(=O)(=O)c1c(N)nsc1NCc1ccccc1F. The van der Waals surface area contributed by atoms with E-state index in [2.05, 4.69) is 9.69 Å². The molecule has 0 radical (unpaired) electrons. The minimum atomic E-state index is -3.71. The van der Waals surface area contributed by atoms with Gasteiger partial charge >= 0.3 is 0 Å². The predicted molar refractivity (Wildman–Crippen MR) is 81.1 cm³/mol. The Labute approximate surface area is 126 Å². The van der Waals surface area contributed by atoms with Crippen molar-refractivity contribution in [3.05, 3.63) is 35.6 Å². The molecule has 0 amide bonds. The number of nitrogens with two attached hydrogens (primary N) is 1. The molecule has 3 N–H and O–H groups in total. The van der Waals surface area contributed by atoms with E-state index in [-0.39, 0.29) is 23.1 Å². The van der Waals surface area contributed by atoms with E-state index in [0.29, 0.717) is 10.6 Å². The molecule has 9 heteroatoms. The highest BCUT2D eigenvalue weighted by atomic mass is 32.2. The molecule has 0 aliphatic heterocycles. The molecule has 0 fully saturated rings. The fourth-order valence-corrected chi connectivity index (χ4v) is 3.73. The van der Waals surface area contributed by atoms with Gasteiger partial charge in [-0.15, -0.1) is 0 Å². The number of rotatable bonds is 5. The number of benzene rings is 1. The third-order valence-electron chi connectivity index (χ3n) is 2.81. The molecule has 0 saturated heterocycles. The number of hydrogen-bond donors (Lipinski definition) is 2.